The van der Waals surface area contributed by atoms with Crippen molar-refractivity contribution < 1.29 is 14.7 Å². The van der Waals surface area contributed by atoms with Crippen LogP contribution in [0.5, 0.6) is 0 Å². The Morgan fingerprint density at radius 3 is 2.65 bits per heavy atom. The number of carboxylic acids is 1. The molecule has 0 radical (unpaired) electrons. The number of nitrogens with zero attached hydrogens (tertiary/aromatic N) is 1. The molecule has 20 heavy (non-hydrogen) atoms. The Labute approximate surface area is 117 Å². The topological polar surface area (TPSA) is 90.2 Å². The van der Waals surface area contributed by atoms with Gasteiger partial charge in [0.15, 0.2) is 0 Å². The van der Waals surface area contributed by atoms with Crippen LogP contribution in [0, 0.1) is 16.7 Å². The Balaban J connectivity index is 2.05. The van der Waals surface area contributed by atoms with Gasteiger partial charge < -0.3 is 10.4 Å². The molecule has 1 aromatic carbocycles. The number of hydrogen-bond acceptors (Lipinski definition) is 3. The third-order valence-electron chi connectivity index (χ3n) is 3.79. The number of aliphatic carboxylic acids is 1. The zero-order valence-corrected chi connectivity index (χ0v) is 11.1. The molecular formula is C15H16N2O3. The van der Waals surface area contributed by atoms with Crippen LogP contribution >= 0.6 is 0 Å². The van der Waals surface area contributed by atoms with E-state index in [0.717, 1.165) is 12.8 Å². The van der Waals surface area contributed by atoms with E-state index in [0.29, 0.717) is 24.1 Å². The first kappa shape index (κ1) is 14.1. The van der Waals surface area contributed by atoms with E-state index in [2.05, 4.69) is 5.32 Å². The molecule has 104 valence electrons. The third-order valence-corrected chi connectivity index (χ3v) is 3.79. The van der Waals surface area contributed by atoms with Crippen molar-refractivity contribution >= 4 is 17.6 Å². The number of amides is 1. The number of carbonyl (C=O) groups is 2. The minimum atomic E-state index is -0.920. The zero-order chi connectivity index (χ0) is 14.6. The third kappa shape index (κ3) is 2.97. The Hall–Kier alpha value is -2.35. The lowest BCUT2D eigenvalue weighted by atomic mass is 9.82. The van der Waals surface area contributed by atoms with Crippen molar-refractivity contribution in [3.8, 4) is 6.07 Å². The van der Waals surface area contributed by atoms with Crippen molar-refractivity contribution in [1.82, 2.24) is 0 Å². The van der Waals surface area contributed by atoms with E-state index in [1.54, 1.807) is 24.3 Å². The number of nitrogens with one attached hydrogen (secondary N) is 1. The summed E-state index contributed by atoms with van der Waals surface area (Å²) in [5, 5.41) is 20.8. The fourth-order valence-electron chi connectivity index (χ4n) is 2.70. The Morgan fingerprint density at radius 1 is 1.35 bits per heavy atom. The van der Waals surface area contributed by atoms with Gasteiger partial charge in [0.25, 0.3) is 0 Å². The van der Waals surface area contributed by atoms with Gasteiger partial charge in [0.2, 0.25) is 5.91 Å². The molecule has 0 heterocycles. The second kappa shape index (κ2) is 5.74. The Bertz CT molecular complexity index is 569. The summed E-state index contributed by atoms with van der Waals surface area (Å²) in [6.07, 6.45) is 2.79. The SMILES string of the molecule is N#Cc1cccc(NC(=O)CC2(C(=O)O)CCCC2)c1. The first-order valence-corrected chi connectivity index (χ1v) is 6.59. The van der Waals surface area contributed by atoms with Crippen LogP contribution in [0.1, 0.15) is 37.7 Å². The maximum Gasteiger partial charge on any atom is 0.310 e. The van der Waals surface area contributed by atoms with E-state index in [4.69, 9.17) is 5.26 Å². The van der Waals surface area contributed by atoms with E-state index in [1.807, 2.05) is 6.07 Å². The lowest BCUT2D eigenvalue weighted by Gasteiger charge is -2.22. The molecule has 2 rings (SSSR count). The number of benzene rings is 1. The molecule has 0 spiro atoms. The number of anilines is 1. The minimum absolute atomic E-state index is 0.0148. The Kier molecular flexibility index (Phi) is 4.04. The summed E-state index contributed by atoms with van der Waals surface area (Å²) in [5.74, 6) is -1.21. The van der Waals surface area contributed by atoms with Gasteiger partial charge in [-0.15, -0.1) is 0 Å². The average molecular weight is 272 g/mol. The number of carboxylic acid groups (broad SMARTS) is 1. The second-order valence-electron chi connectivity index (χ2n) is 5.21. The highest BCUT2D eigenvalue weighted by atomic mass is 16.4. The van der Waals surface area contributed by atoms with Crippen LogP contribution in [-0.4, -0.2) is 17.0 Å². The summed E-state index contributed by atoms with van der Waals surface area (Å²) in [6.45, 7) is 0. The predicted molar refractivity (Wildman–Crippen MR) is 72.9 cm³/mol. The molecule has 0 unspecified atom stereocenters. The number of rotatable bonds is 4. The first-order chi connectivity index (χ1) is 9.55. The molecule has 1 aliphatic carbocycles. The molecule has 2 N–H and O–H groups in total. The summed E-state index contributed by atoms with van der Waals surface area (Å²) in [7, 11) is 0. The van der Waals surface area contributed by atoms with E-state index < -0.39 is 11.4 Å². The molecule has 5 nitrogen and oxygen atoms in total. The lowest BCUT2D eigenvalue weighted by molar-refractivity contribution is -0.150. The molecule has 0 atom stereocenters. The first-order valence-electron chi connectivity index (χ1n) is 6.59. The average Bonchev–Trinajstić information content (AvgIpc) is 2.88. The summed E-state index contributed by atoms with van der Waals surface area (Å²) in [4.78, 5) is 23.4. The molecule has 5 heteroatoms. The van der Waals surface area contributed by atoms with Crippen LogP contribution in [0.15, 0.2) is 24.3 Å². The monoisotopic (exact) mass is 272 g/mol. The summed E-state index contributed by atoms with van der Waals surface area (Å²) in [6, 6.07) is 8.57. The van der Waals surface area contributed by atoms with Gasteiger partial charge >= 0.3 is 5.97 Å². The van der Waals surface area contributed by atoms with Gasteiger partial charge in [-0.05, 0) is 31.0 Å². The van der Waals surface area contributed by atoms with Crippen LogP contribution in [0.4, 0.5) is 5.69 Å². The summed E-state index contributed by atoms with van der Waals surface area (Å²) < 4.78 is 0. The number of nitriles is 1. The van der Waals surface area contributed by atoms with Gasteiger partial charge in [-0.2, -0.15) is 5.26 Å². The summed E-state index contributed by atoms with van der Waals surface area (Å²) in [5.41, 5.74) is 0.0564. The van der Waals surface area contributed by atoms with Crippen molar-refractivity contribution in [3.05, 3.63) is 29.8 Å². The van der Waals surface area contributed by atoms with Gasteiger partial charge in [0.05, 0.1) is 17.0 Å². The van der Waals surface area contributed by atoms with E-state index in [-0.39, 0.29) is 12.3 Å². The normalized spacial score (nSPS) is 16.4. The fourth-order valence-corrected chi connectivity index (χ4v) is 2.70. The highest BCUT2D eigenvalue weighted by Gasteiger charge is 2.42. The molecule has 1 aliphatic rings. The van der Waals surface area contributed by atoms with Gasteiger partial charge in [-0.1, -0.05) is 18.9 Å². The molecule has 0 saturated heterocycles. The molecule has 1 saturated carbocycles. The van der Waals surface area contributed by atoms with E-state index in [9.17, 15) is 14.7 Å². The van der Waals surface area contributed by atoms with E-state index >= 15 is 0 Å². The molecule has 1 amide bonds. The standard InChI is InChI=1S/C15H16N2O3/c16-10-11-4-3-5-12(8-11)17-13(18)9-15(14(19)20)6-1-2-7-15/h3-5,8H,1-2,6-7,9H2,(H,17,18)(H,19,20). The van der Waals surface area contributed by atoms with Crippen molar-refractivity contribution in [1.29, 1.82) is 5.26 Å². The van der Waals surface area contributed by atoms with Gasteiger partial charge in [0, 0.05) is 12.1 Å². The molecule has 0 aromatic heterocycles. The highest BCUT2D eigenvalue weighted by Crippen LogP contribution is 2.41. The number of hydrogen-bond donors (Lipinski definition) is 2. The van der Waals surface area contributed by atoms with Crippen LogP contribution in [0.25, 0.3) is 0 Å². The molecule has 0 bridgehead atoms. The Morgan fingerprint density at radius 2 is 2.05 bits per heavy atom. The van der Waals surface area contributed by atoms with Gasteiger partial charge in [0.1, 0.15) is 0 Å². The van der Waals surface area contributed by atoms with Gasteiger partial charge in [-0.3, -0.25) is 9.59 Å². The zero-order valence-electron chi connectivity index (χ0n) is 11.1. The van der Waals surface area contributed by atoms with Crippen molar-refractivity contribution in [2.45, 2.75) is 32.1 Å². The van der Waals surface area contributed by atoms with E-state index in [1.165, 1.54) is 0 Å². The van der Waals surface area contributed by atoms with Crippen LogP contribution in [0.2, 0.25) is 0 Å². The highest BCUT2D eigenvalue weighted by molar-refractivity contribution is 5.94. The quantitative estimate of drug-likeness (QED) is 0.881. The number of carbonyl (C=O) groups excluding carboxylic acids is 1. The minimum Gasteiger partial charge on any atom is -0.481 e. The predicted octanol–water partition coefficient (Wildman–Crippen LogP) is 2.53. The molecule has 1 aromatic rings. The second-order valence-corrected chi connectivity index (χ2v) is 5.21. The molecule has 1 fully saturated rings. The fraction of sp³-hybridized carbons (Fsp3) is 0.400. The van der Waals surface area contributed by atoms with Crippen LogP contribution < -0.4 is 5.32 Å². The largest absolute Gasteiger partial charge is 0.481 e. The maximum atomic E-state index is 12.0. The van der Waals surface area contributed by atoms with Crippen molar-refractivity contribution in [2.75, 3.05) is 5.32 Å². The lowest BCUT2D eigenvalue weighted by Crippen LogP contribution is -2.32. The summed E-state index contributed by atoms with van der Waals surface area (Å²) >= 11 is 0. The molecule has 0 aliphatic heterocycles. The van der Waals surface area contributed by atoms with Crippen molar-refractivity contribution in [3.63, 3.8) is 0 Å². The van der Waals surface area contributed by atoms with Crippen molar-refractivity contribution in [2.24, 2.45) is 5.41 Å². The van der Waals surface area contributed by atoms with Gasteiger partial charge in [-0.25, -0.2) is 0 Å². The van der Waals surface area contributed by atoms with Crippen LogP contribution in [0.3, 0.4) is 0 Å². The smallest absolute Gasteiger partial charge is 0.310 e. The maximum absolute atomic E-state index is 12.0. The molecular weight excluding hydrogens is 256 g/mol. The van der Waals surface area contributed by atoms with Crippen LogP contribution in [-0.2, 0) is 9.59 Å².